The summed E-state index contributed by atoms with van der Waals surface area (Å²) in [4.78, 5) is 13.0. The molecule has 0 spiro atoms. The lowest BCUT2D eigenvalue weighted by atomic mass is 10.1. The van der Waals surface area contributed by atoms with Crippen LogP contribution in [0.3, 0.4) is 0 Å². The third-order valence-electron chi connectivity index (χ3n) is 4.94. The van der Waals surface area contributed by atoms with E-state index in [0.29, 0.717) is 31.9 Å². The fraction of sp³-hybridized carbons (Fsp3) is 0.368. The molecule has 1 aliphatic rings. The minimum absolute atomic E-state index is 0.0540. The summed E-state index contributed by atoms with van der Waals surface area (Å²) >= 11 is 0. The highest BCUT2D eigenvalue weighted by Crippen LogP contribution is 2.31. The van der Waals surface area contributed by atoms with Crippen molar-refractivity contribution in [2.45, 2.75) is 17.9 Å². The van der Waals surface area contributed by atoms with Crippen molar-refractivity contribution in [3.8, 4) is 0 Å². The fourth-order valence-corrected chi connectivity index (χ4v) is 4.62. The smallest absolute Gasteiger partial charge is 0.293 e. The van der Waals surface area contributed by atoms with Crippen LogP contribution in [0.15, 0.2) is 53.4 Å². The topological polar surface area (TPSA) is 95.8 Å². The summed E-state index contributed by atoms with van der Waals surface area (Å²) in [6.07, 6.45) is 0. The van der Waals surface area contributed by atoms with Gasteiger partial charge in [0.05, 0.1) is 9.82 Å². The predicted molar refractivity (Wildman–Crippen MR) is 108 cm³/mol. The van der Waals surface area contributed by atoms with Gasteiger partial charge in [0.1, 0.15) is 5.69 Å². The molecule has 0 saturated carbocycles. The SMILES string of the molecule is C[C@H](Nc1ccc(S(=O)(=O)N2CCN(C)CC2)cc1[N+](=O)[O-])c1ccccc1. The summed E-state index contributed by atoms with van der Waals surface area (Å²) < 4.78 is 27.2. The van der Waals surface area contributed by atoms with Crippen LogP contribution in [0.1, 0.15) is 18.5 Å². The molecule has 0 radical (unpaired) electrons. The van der Waals surface area contributed by atoms with Gasteiger partial charge in [0.15, 0.2) is 0 Å². The number of hydrogen-bond donors (Lipinski definition) is 1. The Hall–Kier alpha value is -2.49. The van der Waals surface area contributed by atoms with E-state index in [4.69, 9.17) is 0 Å². The number of nitrogens with one attached hydrogen (secondary N) is 1. The number of anilines is 1. The minimum atomic E-state index is -3.76. The van der Waals surface area contributed by atoms with Crippen LogP contribution in [-0.2, 0) is 10.0 Å². The van der Waals surface area contributed by atoms with Crippen molar-refractivity contribution in [2.24, 2.45) is 0 Å². The van der Waals surface area contributed by atoms with Gasteiger partial charge in [-0.3, -0.25) is 10.1 Å². The maximum absolute atomic E-state index is 12.9. The molecule has 8 nitrogen and oxygen atoms in total. The van der Waals surface area contributed by atoms with E-state index in [2.05, 4.69) is 5.32 Å². The van der Waals surface area contributed by atoms with E-state index in [9.17, 15) is 18.5 Å². The van der Waals surface area contributed by atoms with Gasteiger partial charge in [-0.15, -0.1) is 0 Å². The summed E-state index contributed by atoms with van der Waals surface area (Å²) in [5.74, 6) is 0. The molecule has 0 amide bonds. The third kappa shape index (κ3) is 4.32. The number of benzene rings is 2. The average Bonchev–Trinajstić information content (AvgIpc) is 2.69. The summed E-state index contributed by atoms with van der Waals surface area (Å²) in [7, 11) is -1.83. The molecule has 1 fully saturated rings. The highest BCUT2D eigenvalue weighted by Gasteiger charge is 2.29. The van der Waals surface area contributed by atoms with Crippen LogP contribution in [-0.4, -0.2) is 55.8 Å². The lowest BCUT2D eigenvalue weighted by Crippen LogP contribution is -2.47. The number of rotatable bonds is 6. The maximum atomic E-state index is 12.9. The number of likely N-dealkylation sites (N-methyl/N-ethyl adjacent to an activating group) is 1. The Bertz CT molecular complexity index is 942. The molecule has 0 bridgehead atoms. The molecule has 1 atom stereocenters. The highest BCUT2D eigenvalue weighted by molar-refractivity contribution is 7.89. The van der Waals surface area contributed by atoms with E-state index < -0.39 is 14.9 Å². The first-order valence-corrected chi connectivity index (χ1v) is 10.5. The van der Waals surface area contributed by atoms with Crippen LogP contribution >= 0.6 is 0 Å². The third-order valence-corrected chi connectivity index (χ3v) is 6.83. The van der Waals surface area contributed by atoms with Crippen LogP contribution < -0.4 is 5.32 Å². The number of hydrogen-bond acceptors (Lipinski definition) is 6. The van der Waals surface area contributed by atoms with Crippen LogP contribution in [0.25, 0.3) is 0 Å². The first kappa shape index (κ1) is 20.2. The van der Waals surface area contributed by atoms with Crippen molar-refractivity contribution in [2.75, 3.05) is 38.5 Å². The number of nitro benzene ring substituents is 1. The Morgan fingerprint density at radius 3 is 2.32 bits per heavy atom. The second-order valence-electron chi connectivity index (χ2n) is 6.92. The van der Waals surface area contributed by atoms with Gasteiger partial charge < -0.3 is 10.2 Å². The Morgan fingerprint density at radius 2 is 1.71 bits per heavy atom. The Kier molecular flexibility index (Phi) is 5.97. The molecule has 1 N–H and O–H groups in total. The van der Waals surface area contributed by atoms with Gasteiger partial charge in [-0.1, -0.05) is 30.3 Å². The molecule has 0 aromatic heterocycles. The number of sulfonamides is 1. The summed E-state index contributed by atoms with van der Waals surface area (Å²) in [5, 5.41) is 14.7. The lowest BCUT2D eigenvalue weighted by molar-refractivity contribution is -0.384. The molecule has 1 saturated heterocycles. The van der Waals surface area contributed by atoms with E-state index in [-0.39, 0.29) is 16.6 Å². The summed E-state index contributed by atoms with van der Waals surface area (Å²) in [5.41, 5.74) is 1.02. The molecule has 0 aliphatic carbocycles. The summed E-state index contributed by atoms with van der Waals surface area (Å²) in [6.45, 7) is 3.91. The Balaban J connectivity index is 1.88. The quantitative estimate of drug-likeness (QED) is 0.587. The molecular weight excluding hydrogens is 380 g/mol. The fourth-order valence-electron chi connectivity index (χ4n) is 3.18. The van der Waals surface area contributed by atoms with Gasteiger partial charge in [0.25, 0.3) is 5.69 Å². The molecule has 2 aromatic rings. The highest BCUT2D eigenvalue weighted by atomic mass is 32.2. The second-order valence-corrected chi connectivity index (χ2v) is 8.86. The zero-order valence-electron chi connectivity index (χ0n) is 15.9. The standard InChI is InChI=1S/C19H24N4O4S/c1-15(16-6-4-3-5-7-16)20-18-9-8-17(14-19(18)23(24)25)28(26,27)22-12-10-21(2)11-13-22/h3-9,14-15,20H,10-13H2,1-2H3/t15-/m0/s1. The van der Waals surface area contributed by atoms with Crippen molar-refractivity contribution >= 4 is 21.4 Å². The van der Waals surface area contributed by atoms with E-state index in [1.54, 1.807) is 0 Å². The van der Waals surface area contributed by atoms with Gasteiger partial charge in [-0.2, -0.15) is 4.31 Å². The zero-order valence-corrected chi connectivity index (χ0v) is 16.7. The molecule has 2 aromatic carbocycles. The van der Waals surface area contributed by atoms with Gasteiger partial charge in [0, 0.05) is 38.3 Å². The Morgan fingerprint density at radius 1 is 1.07 bits per heavy atom. The predicted octanol–water partition coefficient (Wildman–Crippen LogP) is 2.70. The molecule has 28 heavy (non-hydrogen) atoms. The van der Waals surface area contributed by atoms with Crippen molar-refractivity contribution < 1.29 is 13.3 Å². The molecule has 1 aliphatic heterocycles. The zero-order chi connectivity index (χ0) is 20.3. The molecular formula is C19H24N4O4S. The second kappa shape index (κ2) is 8.26. The molecule has 150 valence electrons. The van der Waals surface area contributed by atoms with E-state index >= 15 is 0 Å². The van der Waals surface area contributed by atoms with E-state index in [1.165, 1.54) is 16.4 Å². The van der Waals surface area contributed by atoms with Crippen LogP contribution in [0.4, 0.5) is 11.4 Å². The van der Waals surface area contributed by atoms with Crippen LogP contribution in [0.5, 0.6) is 0 Å². The van der Waals surface area contributed by atoms with E-state index in [1.807, 2.05) is 49.2 Å². The van der Waals surface area contributed by atoms with Crippen LogP contribution in [0.2, 0.25) is 0 Å². The van der Waals surface area contributed by atoms with Crippen molar-refractivity contribution in [3.63, 3.8) is 0 Å². The van der Waals surface area contributed by atoms with Gasteiger partial charge in [0.2, 0.25) is 10.0 Å². The maximum Gasteiger partial charge on any atom is 0.293 e. The molecule has 0 unspecified atom stereocenters. The number of piperazine rings is 1. The van der Waals surface area contributed by atoms with Crippen molar-refractivity contribution in [1.82, 2.24) is 9.21 Å². The van der Waals surface area contributed by atoms with Crippen molar-refractivity contribution in [1.29, 1.82) is 0 Å². The normalized spacial score (nSPS) is 17.2. The lowest BCUT2D eigenvalue weighted by Gasteiger charge is -2.31. The molecule has 9 heteroatoms. The first-order valence-electron chi connectivity index (χ1n) is 9.07. The molecule has 3 rings (SSSR count). The van der Waals surface area contributed by atoms with Gasteiger partial charge >= 0.3 is 0 Å². The Labute approximate surface area is 165 Å². The number of nitrogens with zero attached hydrogens (tertiary/aromatic N) is 3. The summed E-state index contributed by atoms with van der Waals surface area (Å²) in [6, 6.07) is 13.4. The van der Waals surface area contributed by atoms with Gasteiger partial charge in [-0.05, 0) is 31.7 Å². The largest absolute Gasteiger partial charge is 0.373 e. The minimum Gasteiger partial charge on any atom is -0.373 e. The average molecular weight is 404 g/mol. The first-order chi connectivity index (χ1) is 13.3. The van der Waals surface area contributed by atoms with Crippen molar-refractivity contribution in [3.05, 3.63) is 64.2 Å². The number of nitro groups is 1. The van der Waals surface area contributed by atoms with Gasteiger partial charge in [-0.25, -0.2) is 8.42 Å². The van der Waals surface area contributed by atoms with Crippen LogP contribution in [0, 0.1) is 10.1 Å². The van der Waals surface area contributed by atoms with E-state index in [0.717, 1.165) is 11.6 Å². The molecule has 1 heterocycles. The monoisotopic (exact) mass is 404 g/mol.